The third-order valence-corrected chi connectivity index (χ3v) is 5.90. The summed E-state index contributed by atoms with van der Waals surface area (Å²) in [5, 5.41) is 19.4. The average molecular weight is 512 g/mol. The maximum absolute atomic E-state index is 12.8. The molecule has 8 heteroatoms. The average Bonchev–Trinajstić information content (AvgIpc) is 2.91. The van der Waals surface area contributed by atoms with Crippen LogP contribution >= 0.6 is 0 Å². The molecule has 0 aliphatic rings. The Morgan fingerprint density at radius 3 is 2.37 bits per heavy atom. The van der Waals surface area contributed by atoms with Crippen molar-refractivity contribution in [2.45, 2.75) is 19.5 Å². The summed E-state index contributed by atoms with van der Waals surface area (Å²) in [6.45, 7) is 8.69. The first kappa shape index (κ1) is 27.6. The number of carbonyl (C=O) groups is 4. The van der Waals surface area contributed by atoms with Crippen LogP contribution in [0.25, 0.3) is 10.8 Å². The Bertz CT molecular complexity index is 1440. The van der Waals surface area contributed by atoms with Gasteiger partial charge in [0.2, 0.25) is 0 Å². The molecule has 0 heterocycles. The van der Waals surface area contributed by atoms with Crippen molar-refractivity contribution < 1.29 is 24.3 Å². The highest BCUT2D eigenvalue weighted by Crippen LogP contribution is 2.18. The van der Waals surface area contributed by atoms with Gasteiger partial charge in [0.25, 0.3) is 17.7 Å². The Morgan fingerprint density at radius 1 is 0.947 bits per heavy atom. The number of nitrogens with one attached hydrogen (secondary N) is 3. The fourth-order valence-electron chi connectivity index (χ4n) is 3.88. The molecule has 38 heavy (non-hydrogen) atoms. The second-order valence-electron chi connectivity index (χ2n) is 8.49. The van der Waals surface area contributed by atoms with E-state index in [4.69, 9.17) is 0 Å². The van der Waals surface area contributed by atoms with Crippen molar-refractivity contribution in [1.29, 1.82) is 0 Å². The number of allylic oxidation sites excluding steroid dienone is 2. The highest BCUT2D eigenvalue weighted by molar-refractivity contribution is 6.01. The summed E-state index contributed by atoms with van der Waals surface area (Å²) in [4.78, 5) is 49.4. The molecule has 0 aliphatic heterocycles. The lowest BCUT2D eigenvalue weighted by Gasteiger charge is -2.17. The Morgan fingerprint density at radius 2 is 1.68 bits per heavy atom. The molecule has 0 aliphatic carbocycles. The van der Waals surface area contributed by atoms with Gasteiger partial charge < -0.3 is 21.1 Å². The van der Waals surface area contributed by atoms with E-state index >= 15 is 0 Å². The van der Waals surface area contributed by atoms with Gasteiger partial charge in [0.1, 0.15) is 6.04 Å². The lowest BCUT2D eigenvalue weighted by atomic mass is 10.0. The molecule has 0 spiro atoms. The molecule has 0 aromatic heterocycles. The first-order valence-electron chi connectivity index (χ1n) is 11.9. The molecule has 3 aromatic rings. The molecule has 0 bridgehead atoms. The van der Waals surface area contributed by atoms with Crippen LogP contribution < -0.4 is 16.0 Å². The van der Waals surface area contributed by atoms with Crippen molar-refractivity contribution in [3.8, 4) is 0 Å². The minimum absolute atomic E-state index is 0.209. The Labute approximate surface area is 220 Å². The first-order chi connectivity index (χ1) is 18.2. The van der Waals surface area contributed by atoms with Crippen LogP contribution in [0.15, 0.2) is 97.6 Å². The number of aliphatic carboxylic acids is 1. The maximum Gasteiger partial charge on any atom is 0.328 e. The normalized spacial score (nSPS) is 11.8. The van der Waals surface area contributed by atoms with E-state index in [-0.39, 0.29) is 23.6 Å². The van der Waals surface area contributed by atoms with E-state index in [2.05, 4.69) is 29.1 Å². The predicted molar refractivity (Wildman–Crippen MR) is 147 cm³/mol. The summed E-state index contributed by atoms with van der Waals surface area (Å²) < 4.78 is 0. The number of amides is 3. The van der Waals surface area contributed by atoms with Crippen LogP contribution in [-0.4, -0.2) is 41.4 Å². The van der Waals surface area contributed by atoms with Gasteiger partial charge in [-0.3, -0.25) is 14.4 Å². The molecule has 0 saturated heterocycles. The third-order valence-electron chi connectivity index (χ3n) is 5.90. The Kier molecular flexibility index (Phi) is 9.31. The summed E-state index contributed by atoms with van der Waals surface area (Å²) in [7, 11) is 0. The van der Waals surface area contributed by atoms with Gasteiger partial charge in [-0.2, -0.15) is 0 Å². The Hall–Kier alpha value is -4.98. The molecule has 3 aromatic carbocycles. The lowest BCUT2D eigenvalue weighted by Crippen LogP contribution is -2.48. The third kappa shape index (κ3) is 6.82. The maximum atomic E-state index is 12.8. The van der Waals surface area contributed by atoms with Crippen LogP contribution in [0.2, 0.25) is 0 Å². The van der Waals surface area contributed by atoms with Gasteiger partial charge in [0.15, 0.2) is 0 Å². The number of benzene rings is 3. The van der Waals surface area contributed by atoms with Crippen molar-refractivity contribution in [2.75, 3.05) is 6.54 Å². The van der Waals surface area contributed by atoms with Gasteiger partial charge in [0.05, 0.1) is 0 Å². The summed E-state index contributed by atoms with van der Waals surface area (Å²) >= 11 is 0. The van der Waals surface area contributed by atoms with Crippen molar-refractivity contribution in [2.24, 2.45) is 0 Å². The molecule has 8 nitrogen and oxygen atoms in total. The van der Waals surface area contributed by atoms with Crippen molar-refractivity contribution in [1.82, 2.24) is 16.0 Å². The molecule has 0 unspecified atom stereocenters. The van der Waals surface area contributed by atoms with Crippen LogP contribution in [0.5, 0.6) is 0 Å². The Balaban J connectivity index is 1.65. The number of carbonyl (C=O) groups excluding carboxylic acids is 3. The van der Waals surface area contributed by atoms with Gasteiger partial charge in [0, 0.05) is 29.8 Å². The highest BCUT2D eigenvalue weighted by Gasteiger charge is 2.23. The summed E-state index contributed by atoms with van der Waals surface area (Å²) in [5.41, 5.74) is 2.27. The number of rotatable bonds is 11. The number of carboxylic acid groups (broad SMARTS) is 1. The smallest absolute Gasteiger partial charge is 0.328 e. The first-order valence-corrected chi connectivity index (χ1v) is 11.9. The van der Waals surface area contributed by atoms with E-state index in [1.165, 1.54) is 30.4 Å². The molecule has 3 rings (SSSR count). The minimum Gasteiger partial charge on any atom is -0.480 e. The van der Waals surface area contributed by atoms with E-state index in [1.54, 1.807) is 13.0 Å². The second kappa shape index (κ2) is 12.8. The lowest BCUT2D eigenvalue weighted by molar-refractivity contribution is -0.139. The van der Waals surface area contributed by atoms with Gasteiger partial charge in [-0.05, 0) is 47.0 Å². The van der Waals surface area contributed by atoms with E-state index in [0.717, 1.165) is 16.3 Å². The summed E-state index contributed by atoms with van der Waals surface area (Å²) in [6.07, 6.45) is 4.15. The summed E-state index contributed by atoms with van der Waals surface area (Å²) in [6, 6.07) is 17.0. The molecule has 194 valence electrons. The fraction of sp³-hybridized carbons (Fsp3) is 0.133. The topological polar surface area (TPSA) is 125 Å². The van der Waals surface area contributed by atoms with E-state index in [9.17, 15) is 24.3 Å². The van der Waals surface area contributed by atoms with Gasteiger partial charge in [-0.15, -0.1) is 0 Å². The molecular weight excluding hydrogens is 482 g/mol. The van der Waals surface area contributed by atoms with Crippen LogP contribution in [0.4, 0.5) is 0 Å². The summed E-state index contributed by atoms with van der Waals surface area (Å²) in [5.74, 6) is -2.80. The van der Waals surface area contributed by atoms with E-state index < -0.39 is 23.8 Å². The van der Waals surface area contributed by atoms with Crippen molar-refractivity contribution in [3.63, 3.8) is 0 Å². The zero-order valence-corrected chi connectivity index (χ0v) is 21.0. The number of aryl methyl sites for hydroxylation is 1. The SMILES string of the molecule is C=C/C=C(\C=C)C(=O)NC[C@H](NC(=O)c1ccc(C(=O)NCc2cccc3ccccc23)cc1C)C(=O)O. The molecule has 0 radical (unpaired) electrons. The van der Waals surface area contributed by atoms with Gasteiger partial charge in [-0.1, -0.05) is 73.9 Å². The largest absolute Gasteiger partial charge is 0.480 e. The molecule has 3 amide bonds. The standard InChI is InChI=1S/C30H29N3O5/c1-4-9-20(5-2)27(34)32-18-26(30(37)38)33-29(36)24-15-14-22(16-19(24)3)28(35)31-17-23-12-8-11-21-10-6-7-13-25(21)23/h4-16,26H,1-2,17-18H2,3H3,(H,31,35)(H,32,34)(H,33,36)(H,37,38)/b20-9+/t26-/m0/s1. The quantitative estimate of drug-likeness (QED) is 0.231. The zero-order chi connectivity index (χ0) is 27.7. The van der Waals surface area contributed by atoms with E-state index in [0.29, 0.717) is 17.7 Å². The highest BCUT2D eigenvalue weighted by atomic mass is 16.4. The predicted octanol–water partition coefficient (Wildman–Crippen LogP) is 3.68. The molecule has 4 N–H and O–H groups in total. The number of hydrogen-bond acceptors (Lipinski definition) is 4. The zero-order valence-electron chi connectivity index (χ0n) is 21.0. The van der Waals surface area contributed by atoms with Crippen molar-refractivity contribution in [3.05, 3.63) is 120 Å². The molecule has 1 atom stereocenters. The van der Waals surface area contributed by atoms with Crippen LogP contribution in [0.1, 0.15) is 31.8 Å². The van der Waals surface area contributed by atoms with Crippen LogP contribution in [0.3, 0.4) is 0 Å². The number of hydrogen-bond donors (Lipinski definition) is 4. The van der Waals surface area contributed by atoms with E-state index in [1.807, 2.05) is 42.5 Å². The molecule has 0 fully saturated rings. The van der Waals surface area contributed by atoms with Gasteiger partial charge in [-0.25, -0.2) is 4.79 Å². The van der Waals surface area contributed by atoms with Gasteiger partial charge >= 0.3 is 5.97 Å². The van der Waals surface area contributed by atoms with Crippen LogP contribution in [0, 0.1) is 6.92 Å². The molecule has 0 saturated carbocycles. The number of fused-ring (bicyclic) bond motifs is 1. The molecular formula is C30H29N3O5. The fourth-order valence-corrected chi connectivity index (χ4v) is 3.88. The van der Waals surface area contributed by atoms with Crippen LogP contribution in [-0.2, 0) is 16.1 Å². The second-order valence-corrected chi connectivity index (χ2v) is 8.49. The minimum atomic E-state index is -1.37. The van der Waals surface area contributed by atoms with Crippen molar-refractivity contribution >= 4 is 34.5 Å². The monoisotopic (exact) mass is 511 g/mol. The number of carboxylic acids is 1.